The van der Waals surface area contributed by atoms with Gasteiger partial charge >= 0.3 is 6.03 Å². The average Bonchev–Trinajstić information content (AvgIpc) is 2.92. The summed E-state index contributed by atoms with van der Waals surface area (Å²) in [6.07, 6.45) is 0.438. The number of aliphatic hydroxyl groups excluding tert-OH is 1. The second-order valence-electron chi connectivity index (χ2n) is 5.31. The maximum absolute atomic E-state index is 11.9. The summed E-state index contributed by atoms with van der Waals surface area (Å²) in [6.45, 7) is 5.17. The lowest BCUT2D eigenvalue weighted by molar-refractivity contribution is 0.178. The molecule has 2 amide bonds. The van der Waals surface area contributed by atoms with Crippen LogP contribution in [-0.2, 0) is 4.74 Å². The fourth-order valence-electron chi connectivity index (χ4n) is 2.32. The zero-order chi connectivity index (χ0) is 14.5. The maximum Gasteiger partial charge on any atom is 0.319 e. The Morgan fingerprint density at radius 1 is 1.45 bits per heavy atom. The van der Waals surface area contributed by atoms with E-state index in [1.54, 1.807) is 19.1 Å². The summed E-state index contributed by atoms with van der Waals surface area (Å²) in [5.41, 5.74) is 1.45. The van der Waals surface area contributed by atoms with Crippen molar-refractivity contribution in [2.45, 2.75) is 32.4 Å². The van der Waals surface area contributed by atoms with Gasteiger partial charge in [-0.15, -0.1) is 0 Å². The third-order valence-electron chi connectivity index (χ3n) is 3.66. The van der Waals surface area contributed by atoms with Crippen LogP contribution < -0.4 is 10.6 Å². The van der Waals surface area contributed by atoms with Crippen molar-refractivity contribution >= 4 is 11.7 Å². The first-order chi connectivity index (χ1) is 9.56. The van der Waals surface area contributed by atoms with Crippen molar-refractivity contribution in [1.29, 1.82) is 0 Å². The summed E-state index contributed by atoms with van der Waals surface area (Å²) < 4.78 is 5.32. The molecule has 20 heavy (non-hydrogen) atoms. The van der Waals surface area contributed by atoms with Gasteiger partial charge in [0, 0.05) is 24.3 Å². The molecule has 3 N–H and O–H groups in total. The number of carbonyl (C=O) groups excluding carboxylic acids is 1. The molecular weight excluding hydrogens is 256 g/mol. The molecular formula is C15H22N2O3. The van der Waals surface area contributed by atoms with Crippen LogP contribution in [0.25, 0.3) is 0 Å². The molecule has 1 aliphatic heterocycles. The Kier molecular flexibility index (Phi) is 4.98. The van der Waals surface area contributed by atoms with Crippen molar-refractivity contribution in [3.63, 3.8) is 0 Å². The van der Waals surface area contributed by atoms with Crippen LogP contribution in [0.5, 0.6) is 0 Å². The van der Waals surface area contributed by atoms with E-state index in [2.05, 4.69) is 10.6 Å². The van der Waals surface area contributed by atoms with Crippen LogP contribution in [0.4, 0.5) is 10.5 Å². The van der Waals surface area contributed by atoms with Gasteiger partial charge in [0.1, 0.15) is 0 Å². The summed E-state index contributed by atoms with van der Waals surface area (Å²) in [5, 5.41) is 15.2. The van der Waals surface area contributed by atoms with E-state index in [0.717, 1.165) is 18.6 Å². The van der Waals surface area contributed by atoms with Crippen molar-refractivity contribution < 1.29 is 14.6 Å². The zero-order valence-corrected chi connectivity index (χ0v) is 11.9. The molecule has 1 aliphatic rings. The van der Waals surface area contributed by atoms with E-state index in [-0.39, 0.29) is 12.1 Å². The van der Waals surface area contributed by atoms with Crippen molar-refractivity contribution in [3.8, 4) is 0 Å². The topological polar surface area (TPSA) is 70.6 Å². The van der Waals surface area contributed by atoms with Gasteiger partial charge in [0.2, 0.25) is 0 Å². The molecule has 0 spiro atoms. The number of hydrogen-bond acceptors (Lipinski definition) is 3. The minimum Gasteiger partial charge on any atom is -0.389 e. The van der Waals surface area contributed by atoms with Gasteiger partial charge in [-0.2, -0.15) is 0 Å². The monoisotopic (exact) mass is 278 g/mol. The number of amides is 2. The van der Waals surface area contributed by atoms with E-state index in [1.807, 2.05) is 19.1 Å². The minimum atomic E-state index is -0.547. The molecule has 1 saturated heterocycles. The summed E-state index contributed by atoms with van der Waals surface area (Å²) >= 11 is 0. The molecule has 5 heteroatoms. The van der Waals surface area contributed by atoms with Crippen LogP contribution >= 0.6 is 0 Å². The number of benzene rings is 1. The number of hydrogen-bond donors (Lipinski definition) is 3. The molecule has 0 aliphatic carbocycles. The molecule has 2 rings (SSSR count). The smallest absolute Gasteiger partial charge is 0.319 e. The van der Waals surface area contributed by atoms with Gasteiger partial charge in [0.15, 0.2) is 0 Å². The summed E-state index contributed by atoms with van der Waals surface area (Å²) in [4.78, 5) is 11.9. The number of carbonyl (C=O) groups is 1. The van der Waals surface area contributed by atoms with E-state index in [0.29, 0.717) is 18.2 Å². The molecule has 1 heterocycles. The first kappa shape index (κ1) is 14.8. The number of ether oxygens (including phenoxy) is 1. The Labute approximate surface area is 119 Å². The normalized spacial score (nSPS) is 21.2. The molecule has 0 bridgehead atoms. The third-order valence-corrected chi connectivity index (χ3v) is 3.66. The van der Waals surface area contributed by atoms with E-state index < -0.39 is 6.10 Å². The lowest BCUT2D eigenvalue weighted by Gasteiger charge is -2.19. The second kappa shape index (κ2) is 6.72. The second-order valence-corrected chi connectivity index (χ2v) is 5.31. The van der Waals surface area contributed by atoms with E-state index in [9.17, 15) is 9.90 Å². The zero-order valence-electron chi connectivity index (χ0n) is 11.9. The minimum absolute atomic E-state index is 0.0810. The van der Waals surface area contributed by atoms with E-state index in [4.69, 9.17) is 4.74 Å². The number of rotatable bonds is 4. The lowest BCUT2D eigenvalue weighted by Crippen LogP contribution is -2.40. The van der Waals surface area contributed by atoms with E-state index in [1.165, 1.54) is 0 Å². The molecule has 110 valence electrons. The van der Waals surface area contributed by atoms with Crippen molar-refractivity contribution in [1.82, 2.24) is 5.32 Å². The Bertz CT molecular complexity index is 456. The predicted octanol–water partition coefficient (Wildman–Crippen LogP) is 2.29. The highest BCUT2D eigenvalue weighted by Crippen LogP contribution is 2.18. The molecule has 1 aromatic rings. The largest absolute Gasteiger partial charge is 0.389 e. The molecule has 0 aromatic heterocycles. The highest BCUT2D eigenvalue weighted by molar-refractivity contribution is 5.89. The lowest BCUT2D eigenvalue weighted by atomic mass is 10.0. The molecule has 1 fully saturated rings. The Morgan fingerprint density at radius 3 is 2.90 bits per heavy atom. The van der Waals surface area contributed by atoms with Gasteiger partial charge in [-0.3, -0.25) is 0 Å². The summed E-state index contributed by atoms with van der Waals surface area (Å²) in [7, 11) is 0. The fourth-order valence-corrected chi connectivity index (χ4v) is 2.32. The first-order valence-electron chi connectivity index (χ1n) is 6.99. The van der Waals surface area contributed by atoms with Crippen molar-refractivity contribution in [2.75, 3.05) is 18.5 Å². The number of aliphatic hydroxyl groups is 1. The van der Waals surface area contributed by atoms with Crippen LogP contribution in [0.3, 0.4) is 0 Å². The van der Waals surface area contributed by atoms with Gasteiger partial charge in [0.05, 0.1) is 12.7 Å². The van der Waals surface area contributed by atoms with Crippen LogP contribution in [0.2, 0.25) is 0 Å². The average molecular weight is 278 g/mol. The van der Waals surface area contributed by atoms with Gasteiger partial charge < -0.3 is 20.5 Å². The van der Waals surface area contributed by atoms with Crippen LogP contribution in [-0.4, -0.2) is 30.4 Å². The molecule has 3 unspecified atom stereocenters. The maximum atomic E-state index is 11.9. The Balaban J connectivity index is 1.89. The molecule has 0 radical (unpaired) electrons. The predicted molar refractivity (Wildman–Crippen MR) is 77.6 cm³/mol. The van der Waals surface area contributed by atoms with Crippen LogP contribution in [0, 0.1) is 5.92 Å². The first-order valence-corrected chi connectivity index (χ1v) is 6.99. The molecule has 1 aromatic carbocycles. The molecule has 3 atom stereocenters. The van der Waals surface area contributed by atoms with Crippen LogP contribution in [0.15, 0.2) is 24.3 Å². The Hall–Kier alpha value is -1.59. The summed E-state index contributed by atoms with van der Waals surface area (Å²) in [5.74, 6) is 0.379. The van der Waals surface area contributed by atoms with Gasteiger partial charge in [-0.25, -0.2) is 4.79 Å². The molecule has 5 nitrogen and oxygen atoms in total. The Morgan fingerprint density at radius 2 is 2.25 bits per heavy atom. The van der Waals surface area contributed by atoms with Gasteiger partial charge in [-0.1, -0.05) is 12.1 Å². The standard InChI is InChI=1S/C15H22N2O3/c1-10(13-6-7-20-9-13)16-15(19)17-14-5-3-4-12(8-14)11(2)18/h3-5,8,10-11,13,18H,6-7,9H2,1-2H3,(H2,16,17,19). The number of anilines is 1. The molecule has 0 saturated carbocycles. The van der Waals surface area contributed by atoms with Crippen molar-refractivity contribution in [3.05, 3.63) is 29.8 Å². The SMILES string of the molecule is CC(O)c1cccc(NC(=O)NC(C)C2CCOC2)c1. The van der Waals surface area contributed by atoms with Crippen LogP contribution in [0.1, 0.15) is 31.9 Å². The third kappa shape index (κ3) is 3.95. The number of urea groups is 1. The highest BCUT2D eigenvalue weighted by atomic mass is 16.5. The fraction of sp³-hybridized carbons (Fsp3) is 0.533. The van der Waals surface area contributed by atoms with Gasteiger partial charge in [0.25, 0.3) is 0 Å². The summed E-state index contributed by atoms with van der Waals surface area (Å²) in [6, 6.07) is 7.06. The van der Waals surface area contributed by atoms with E-state index >= 15 is 0 Å². The van der Waals surface area contributed by atoms with Gasteiger partial charge in [-0.05, 0) is 38.0 Å². The number of nitrogens with one attached hydrogen (secondary N) is 2. The quantitative estimate of drug-likeness (QED) is 0.791. The highest BCUT2D eigenvalue weighted by Gasteiger charge is 2.23. The van der Waals surface area contributed by atoms with Crippen molar-refractivity contribution in [2.24, 2.45) is 5.92 Å².